The van der Waals surface area contributed by atoms with E-state index in [-0.39, 0.29) is 5.97 Å². The van der Waals surface area contributed by atoms with E-state index >= 15 is 0 Å². The molecule has 0 unspecified atom stereocenters. The van der Waals surface area contributed by atoms with Crippen molar-refractivity contribution in [3.8, 4) is 0 Å². The maximum Gasteiger partial charge on any atom is 0.306 e. The Morgan fingerprint density at radius 2 is 1.52 bits per heavy atom. The molecule has 4 nitrogen and oxygen atoms in total. The Hall–Kier alpha value is -0.610. The lowest BCUT2D eigenvalue weighted by atomic mass is 10.2. The van der Waals surface area contributed by atoms with Gasteiger partial charge in [0.2, 0.25) is 0 Å². The fraction of sp³-hybridized carbons (Fsp3) is 0.941. The number of nitrogens with zero attached hydrogens (tertiary/aromatic N) is 2. The van der Waals surface area contributed by atoms with Crippen molar-refractivity contribution < 1.29 is 14.0 Å². The number of unbranched alkanes of at least 4 members (excludes halogenated alkanes) is 2. The standard InChI is InChI=1S/C17H37N2O2/c1-6-8-12-18(14-11-17(20)21-5)13-10-16-19(3,4)15-9-7-2/h6-16H2,1-5H3/q+1. The predicted octanol–water partition coefficient (Wildman–Crippen LogP) is 2.92. The average Bonchev–Trinajstić information content (AvgIpc) is 2.46. The molecule has 0 atom stereocenters. The number of hydrogen-bond acceptors (Lipinski definition) is 3. The normalized spacial score (nSPS) is 11.9. The molecular weight excluding hydrogens is 264 g/mol. The molecule has 0 saturated carbocycles. The van der Waals surface area contributed by atoms with Crippen LogP contribution in [0.2, 0.25) is 0 Å². The van der Waals surface area contributed by atoms with Gasteiger partial charge in [-0.25, -0.2) is 0 Å². The molecule has 0 N–H and O–H groups in total. The second-order valence-electron chi connectivity index (χ2n) is 6.61. The summed E-state index contributed by atoms with van der Waals surface area (Å²) in [6, 6.07) is 0. The molecule has 0 heterocycles. The molecule has 4 heteroatoms. The molecule has 0 aromatic rings. The van der Waals surface area contributed by atoms with E-state index in [1.54, 1.807) is 0 Å². The molecule has 0 radical (unpaired) electrons. The molecule has 0 aliphatic rings. The maximum absolute atomic E-state index is 11.3. The number of carbonyl (C=O) groups excluding carboxylic acids is 1. The van der Waals surface area contributed by atoms with Gasteiger partial charge in [0.25, 0.3) is 0 Å². The third kappa shape index (κ3) is 11.7. The molecule has 126 valence electrons. The van der Waals surface area contributed by atoms with Gasteiger partial charge < -0.3 is 14.1 Å². The van der Waals surface area contributed by atoms with Gasteiger partial charge in [0.15, 0.2) is 0 Å². The molecule has 0 fully saturated rings. The Balaban J connectivity index is 4.06. The van der Waals surface area contributed by atoms with Crippen LogP contribution in [0.4, 0.5) is 0 Å². The van der Waals surface area contributed by atoms with Crippen LogP contribution < -0.4 is 0 Å². The van der Waals surface area contributed by atoms with Crippen LogP contribution in [0.1, 0.15) is 52.4 Å². The molecule has 0 saturated heterocycles. The van der Waals surface area contributed by atoms with Crippen molar-refractivity contribution >= 4 is 5.97 Å². The third-order valence-electron chi connectivity index (χ3n) is 4.04. The number of hydrogen-bond donors (Lipinski definition) is 0. The summed E-state index contributed by atoms with van der Waals surface area (Å²) in [6.07, 6.45) is 6.68. The van der Waals surface area contributed by atoms with E-state index in [0.717, 1.165) is 24.1 Å². The average molecular weight is 301 g/mol. The fourth-order valence-electron chi connectivity index (χ4n) is 2.49. The second-order valence-corrected chi connectivity index (χ2v) is 6.61. The summed E-state index contributed by atoms with van der Waals surface area (Å²) in [5.41, 5.74) is 0. The summed E-state index contributed by atoms with van der Waals surface area (Å²) in [5, 5.41) is 0. The molecule has 0 aliphatic carbocycles. The lowest BCUT2D eigenvalue weighted by Crippen LogP contribution is -2.42. The van der Waals surface area contributed by atoms with Gasteiger partial charge in [-0.3, -0.25) is 4.79 Å². The molecule has 0 spiro atoms. The van der Waals surface area contributed by atoms with Crippen LogP contribution in [-0.4, -0.2) is 69.3 Å². The van der Waals surface area contributed by atoms with E-state index in [1.165, 1.54) is 52.3 Å². The summed E-state index contributed by atoms with van der Waals surface area (Å²) in [5.74, 6) is -0.101. The summed E-state index contributed by atoms with van der Waals surface area (Å²) >= 11 is 0. The number of rotatable bonds is 13. The Morgan fingerprint density at radius 1 is 0.952 bits per heavy atom. The van der Waals surface area contributed by atoms with Gasteiger partial charge >= 0.3 is 5.97 Å². The van der Waals surface area contributed by atoms with Crippen LogP contribution in [0.5, 0.6) is 0 Å². The SMILES string of the molecule is CCCCN(CCC[N+](C)(C)CCCC)CCC(=O)OC. The van der Waals surface area contributed by atoms with E-state index in [1.807, 2.05) is 0 Å². The quantitative estimate of drug-likeness (QED) is 0.387. The first-order valence-corrected chi connectivity index (χ1v) is 8.56. The fourth-order valence-corrected chi connectivity index (χ4v) is 2.49. The molecule has 0 bridgehead atoms. The van der Waals surface area contributed by atoms with Crippen LogP contribution in [0.25, 0.3) is 0 Å². The van der Waals surface area contributed by atoms with E-state index < -0.39 is 0 Å². The Labute approximate surface area is 132 Å². The zero-order valence-corrected chi connectivity index (χ0v) is 15.0. The number of quaternary nitrogens is 1. The first kappa shape index (κ1) is 20.4. The molecule has 0 amide bonds. The van der Waals surface area contributed by atoms with Crippen molar-refractivity contribution in [3.05, 3.63) is 0 Å². The highest BCUT2D eigenvalue weighted by Gasteiger charge is 2.15. The summed E-state index contributed by atoms with van der Waals surface area (Å²) < 4.78 is 5.84. The predicted molar refractivity (Wildman–Crippen MR) is 89.3 cm³/mol. The van der Waals surface area contributed by atoms with Crippen molar-refractivity contribution in [2.75, 3.05) is 53.9 Å². The van der Waals surface area contributed by atoms with Crippen molar-refractivity contribution in [1.82, 2.24) is 4.90 Å². The minimum absolute atomic E-state index is 0.101. The molecule has 0 aromatic heterocycles. The zero-order chi connectivity index (χ0) is 16.1. The Morgan fingerprint density at radius 3 is 2.10 bits per heavy atom. The lowest BCUT2D eigenvalue weighted by Gasteiger charge is -2.31. The molecule has 0 rings (SSSR count). The van der Waals surface area contributed by atoms with Crippen LogP contribution in [0, 0.1) is 0 Å². The van der Waals surface area contributed by atoms with Crippen molar-refractivity contribution in [2.24, 2.45) is 0 Å². The van der Waals surface area contributed by atoms with Crippen LogP contribution >= 0.6 is 0 Å². The van der Waals surface area contributed by atoms with E-state index in [9.17, 15) is 4.79 Å². The molecule has 0 aromatic carbocycles. The zero-order valence-electron chi connectivity index (χ0n) is 15.0. The van der Waals surface area contributed by atoms with Gasteiger partial charge in [-0.05, 0) is 19.4 Å². The van der Waals surface area contributed by atoms with Crippen molar-refractivity contribution in [2.45, 2.75) is 52.4 Å². The third-order valence-corrected chi connectivity index (χ3v) is 4.04. The second kappa shape index (κ2) is 12.0. The molecule has 0 aliphatic heterocycles. The van der Waals surface area contributed by atoms with Crippen LogP contribution in [-0.2, 0) is 9.53 Å². The topological polar surface area (TPSA) is 29.5 Å². The lowest BCUT2D eigenvalue weighted by molar-refractivity contribution is -0.890. The summed E-state index contributed by atoms with van der Waals surface area (Å²) in [7, 11) is 6.10. The highest BCUT2D eigenvalue weighted by molar-refractivity contribution is 5.69. The smallest absolute Gasteiger partial charge is 0.306 e. The Bertz CT molecular complexity index is 268. The number of carbonyl (C=O) groups is 1. The molecular formula is C17H37N2O2+. The van der Waals surface area contributed by atoms with Gasteiger partial charge in [0, 0.05) is 19.5 Å². The van der Waals surface area contributed by atoms with Crippen LogP contribution in [0.15, 0.2) is 0 Å². The number of esters is 1. The minimum Gasteiger partial charge on any atom is -0.469 e. The van der Waals surface area contributed by atoms with Crippen LogP contribution in [0.3, 0.4) is 0 Å². The maximum atomic E-state index is 11.3. The van der Waals surface area contributed by atoms with Crippen molar-refractivity contribution in [1.29, 1.82) is 0 Å². The first-order chi connectivity index (χ1) is 9.95. The van der Waals surface area contributed by atoms with E-state index in [4.69, 9.17) is 4.74 Å². The van der Waals surface area contributed by atoms with Gasteiger partial charge in [0.1, 0.15) is 0 Å². The van der Waals surface area contributed by atoms with Gasteiger partial charge in [0.05, 0.1) is 40.7 Å². The largest absolute Gasteiger partial charge is 0.469 e. The van der Waals surface area contributed by atoms with E-state index in [0.29, 0.717) is 6.42 Å². The Kier molecular flexibility index (Phi) is 11.6. The van der Waals surface area contributed by atoms with E-state index in [2.05, 4.69) is 32.8 Å². The number of ether oxygens (including phenoxy) is 1. The highest BCUT2D eigenvalue weighted by atomic mass is 16.5. The first-order valence-electron chi connectivity index (χ1n) is 8.56. The van der Waals surface area contributed by atoms with Gasteiger partial charge in [-0.2, -0.15) is 0 Å². The van der Waals surface area contributed by atoms with Gasteiger partial charge in [-0.1, -0.05) is 26.7 Å². The summed E-state index contributed by atoms with van der Waals surface area (Å²) in [4.78, 5) is 13.7. The number of methoxy groups -OCH3 is 1. The highest BCUT2D eigenvalue weighted by Crippen LogP contribution is 2.06. The monoisotopic (exact) mass is 301 g/mol. The minimum atomic E-state index is -0.101. The summed E-state index contributed by atoms with van der Waals surface area (Å²) in [6.45, 7) is 9.94. The molecule has 21 heavy (non-hydrogen) atoms. The van der Waals surface area contributed by atoms with Crippen molar-refractivity contribution in [3.63, 3.8) is 0 Å². The van der Waals surface area contributed by atoms with Gasteiger partial charge in [-0.15, -0.1) is 0 Å².